The average molecular weight is 271 g/mol. The van der Waals surface area contributed by atoms with E-state index in [1.54, 1.807) is 0 Å². The Morgan fingerprint density at radius 3 is 2.65 bits per heavy atom. The molecular weight excluding hydrogens is 246 g/mol. The van der Waals surface area contributed by atoms with E-state index in [1.165, 1.54) is 22.8 Å². The van der Waals surface area contributed by atoms with Crippen LogP contribution in [0, 0.1) is 5.92 Å². The second-order valence-electron chi connectivity index (χ2n) is 5.68. The summed E-state index contributed by atoms with van der Waals surface area (Å²) in [7, 11) is 1.98. The lowest BCUT2D eigenvalue weighted by Gasteiger charge is -2.14. The van der Waals surface area contributed by atoms with Crippen LogP contribution in [0.3, 0.4) is 0 Å². The van der Waals surface area contributed by atoms with Crippen LogP contribution in [0.15, 0.2) is 36.4 Å². The molecular formula is C18H25NO. The lowest BCUT2D eigenvalue weighted by molar-refractivity contribution is 0.295. The summed E-state index contributed by atoms with van der Waals surface area (Å²) in [4.78, 5) is 0. The predicted octanol–water partition coefficient (Wildman–Crippen LogP) is 4.37. The van der Waals surface area contributed by atoms with E-state index >= 15 is 0 Å². The molecule has 2 aromatic carbocycles. The third kappa shape index (κ3) is 3.73. The summed E-state index contributed by atoms with van der Waals surface area (Å²) in [6.07, 6.45) is 2.33. The van der Waals surface area contributed by atoms with Gasteiger partial charge in [-0.05, 0) is 42.6 Å². The molecule has 20 heavy (non-hydrogen) atoms. The van der Waals surface area contributed by atoms with Crippen molar-refractivity contribution in [3.05, 3.63) is 42.0 Å². The van der Waals surface area contributed by atoms with Crippen LogP contribution in [-0.4, -0.2) is 13.7 Å². The number of hydrogen-bond donors (Lipinski definition) is 1. The summed E-state index contributed by atoms with van der Waals surface area (Å²) in [5.74, 6) is 1.76. The van der Waals surface area contributed by atoms with E-state index in [-0.39, 0.29) is 0 Å². The molecule has 108 valence electrons. The Bertz CT molecular complexity index is 548. The SMILES string of the molecule is CNCc1c(OCCCC(C)C)ccc2ccccc12. The van der Waals surface area contributed by atoms with Gasteiger partial charge in [-0.25, -0.2) is 0 Å². The van der Waals surface area contributed by atoms with Crippen LogP contribution < -0.4 is 10.1 Å². The molecule has 0 aromatic heterocycles. The largest absolute Gasteiger partial charge is 0.493 e. The first-order chi connectivity index (χ1) is 9.72. The monoisotopic (exact) mass is 271 g/mol. The molecule has 0 fully saturated rings. The highest BCUT2D eigenvalue weighted by molar-refractivity contribution is 5.87. The Hall–Kier alpha value is -1.54. The van der Waals surface area contributed by atoms with Gasteiger partial charge < -0.3 is 10.1 Å². The van der Waals surface area contributed by atoms with Gasteiger partial charge in [-0.1, -0.05) is 44.2 Å². The van der Waals surface area contributed by atoms with Crippen LogP contribution in [0.25, 0.3) is 10.8 Å². The summed E-state index contributed by atoms with van der Waals surface area (Å²) < 4.78 is 6.01. The second-order valence-corrected chi connectivity index (χ2v) is 5.68. The molecule has 2 rings (SSSR count). The molecule has 0 unspecified atom stereocenters. The van der Waals surface area contributed by atoms with Crippen LogP contribution in [0.2, 0.25) is 0 Å². The summed E-state index contributed by atoms with van der Waals surface area (Å²) in [6, 6.07) is 12.7. The number of nitrogens with one attached hydrogen (secondary N) is 1. The molecule has 0 amide bonds. The summed E-state index contributed by atoms with van der Waals surface area (Å²) >= 11 is 0. The van der Waals surface area contributed by atoms with E-state index in [2.05, 4.69) is 55.6 Å². The van der Waals surface area contributed by atoms with Crippen molar-refractivity contribution in [1.29, 1.82) is 0 Å². The van der Waals surface area contributed by atoms with Crippen LogP contribution >= 0.6 is 0 Å². The van der Waals surface area contributed by atoms with Gasteiger partial charge in [0, 0.05) is 12.1 Å². The van der Waals surface area contributed by atoms with E-state index in [0.29, 0.717) is 0 Å². The minimum atomic E-state index is 0.743. The van der Waals surface area contributed by atoms with Gasteiger partial charge >= 0.3 is 0 Å². The third-order valence-corrected chi connectivity index (χ3v) is 3.53. The second kappa shape index (κ2) is 7.30. The smallest absolute Gasteiger partial charge is 0.124 e. The first-order valence-corrected chi connectivity index (χ1v) is 7.50. The normalized spacial score (nSPS) is 11.2. The molecule has 0 aliphatic heterocycles. The summed E-state index contributed by atoms with van der Waals surface area (Å²) in [5.41, 5.74) is 1.26. The number of benzene rings is 2. The Balaban J connectivity index is 2.17. The van der Waals surface area contributed by atoms with E-state index < -0.39 is 0 Å². The Kier molecular flexibility index (Phi) is 5.42. The van der Waals surface area contributed by atoms with Gasteiger partial charge in [0.05, 0.1) is 6.61 Å². The van der Waals surface area contributed by atoms with Crippen LogP contribution in [0.5, 0.6) is 5.75 Å². The van der Waals surface area contributed by atoms with Gasteiger partial charge in [-0.2, -0.15) is 0 Å². The zero-order valence-corrected chi connectivity index (χ0v) is 12.8. The van der Waals surface area contributed by atoms with E-state index in [0.717, 1.165) is 31.2 Å². The maximum Gasteiger partial charge on any atom is 0.124 e. The van der Waals surface area contributed by atoms with Crippen molar-refractivity contribution in [1.82, 2.24) is 5.32 Å². The van der Waals surface area contributed by atoms with Crippen LogP contribution in [0.1, 0.15) is 32.3 Å². The van der Waals surface area contributed by atoms with Gasteiger partial charge in [-0.15, -0.1) is 0 Å². The third-order valence-electron chi connectivity index (χ3n) is 3.53. The maximum absolute atomic E-state index is 6.01. The number of hydrogen-bond acceptors (Lipinski definition) is 2. The standard InChI is InChI=1S/C18H25NO/c1-14(2)7-6-12-20-18-11-10-15-8-4-5-9-16(15)17(18)13-19-3/h4-5,8-11,14,19H,6-7,12-13H2,1-3H3. The predicted molar refractivity (Wildman–Crippen MR) is 86.3 cm³/mol. The lowest BCUT2D eigenvalue weighted by atomic mass is 10.0. The van der Waals surface area contributed by atoms with Crippen LogP contribution in [-0.2, 0) is 6.54 Å². The van der Waals surface area contributed by atoms with E-state index in [4.69, 9.17) is 4.74 Å². The molecule has 0 atom stereocenters. The molecule has 0 aliphatic carbocycles. The fraction of sp³-hybridized carbons (Fsp3) is 0.444. The summed E-state index contributed by atoms with van der Waals surface area (Å²) in [6.45, 7) is 6.14. The Labute approximate surface area is 122 Å². The van der Waals surface area contributed by atoms with E-state index in [9.17, 15) is 0 Å². The number of fused-ring (bicyclic) bond motifs is 1. The average Bonchev–Trinajstić information content (AvgIpc) is 2.45. The topological polar surface area (TPSA) is 21.3 Å². The first kappa shape index (κ1) is 14.9. The molecule has 0 radical (unpaired) electrons. The minimum Gasteiger partial charge on any atom is -0.493 e. The molecule has 0 spiro atoms. The summed E-state index contributed by atoms with van der Waals surface area (Å²) in [5, 5.41) is 5.80. The Morgan fingerprint density at radius 2 is 1.90 bits per heavy atom. The zero-order valence-electron chi connectivity index (χ0n) is 12.8. The van der Waals surface area contributed by atoms with Gasteiger partial charge in [0.25, 0.3) is 0 Å². The molecule has 1 N–H and O–H groups in total. The van der Waals surface area contributed by atoms with Crippen LogP contribution in [0.4, 0.5) is 0 Å². The fourth-order valence-electron chi connectivity index (χ4n) is 2.48. The number of rotatable bonds is 7. The van der Waals surface area contributed by atoms with Gasteiger partial charge in [-0.3, -0.25) is 0 Å². The molecule has 2 nitrogen and oxygen atoms in total. The molecule has 0 aliphatic rings. The highest BCUT2D eigenvalue weighted by atomic mass is 16.5. The number of ether oxygens (including phenoxy) is 1. The van der Waals surface area contributed by atoms with Gasteiger partial charge in [0.15, 0.2) is 0 Å². The molecule has 2 aromatic rings. The maximum atomic E-state index is 6.01. The highest BCUT2D eigenvalue weighted by Gasteiger charge is 2.08. The van der Waals surface area contributed by atoms with Crippen molar-refractivity contribution >= 4 is 10.8 Å². The first-order valence-electron chi connectivity index (χ1n) is 7.50. The molecule has 0 saturated carbocycles. The minimum absolute atomic E-state index is 0.743. The van der Waals surface area contributed by atoms with Crippen molar-refractivity contribution in [3.8, 4) is 5.75 Å². The Morgan fingerprint density at radius 1 is 1.10 bits per heavy atom. The molecule has 2 heteroatoms. The molecule has 0 heterocycles. The molecule has 0 saturated heterocycles. The lowest BCUT2D eigenvalue weighted by Crippen LogP contribution is -2.09. The van der Waals surface area contributed by atoms with Gasteiger partial charge in [0.1, 0.15) is 5.75 Å². The molecule has 0 bridgehead atoms. The van der Waals surface area contributed by atoms with Crippen molar-refractivity contribution in [2.45, 2.75) is 33.2 Å². The zero-order chi connectivity index (χ0) is 14.4. The van der Waals surface area contributed by atoms with Crippen molar-refractivity contribution in [2.75, 3.05) is 13.7 Å². The van der Waals surface area contributed by atoms with Gasteiger partial charge in [0.2, 0.25) is 0 Å². The van der Waals surface area contributed by atoms with Crippen molar-refractivity contribution in [3.63, 3.8) is 0 Å². The quantitative estimate of drug-likeness (QED) is 0.755. The van der Waals surface area contributed by atoms with E-state index in [1.807, 2.05) is 7.05 Å². The van der Waals surface area contributed by atoms with Crippen molar-refractivity contribution in [2.24, 2.45) is 5.92 Å². The highest BCUT2D eigenvalue weighted by Crippen LogP contribution is 2.28. The van der Waals surface area contributed by atoms with Crippen molar-refractivity contribution < 1.29 is 4.74 Å². The fourth-order valence-corrected chi connectivity index (χ4v) is 2.48.